The summed E-state index contributed by atoms with van der Waals surface area (Å²) in [5.41, 5.74) is 1.15. The van der Waals surface area contributed by atoms with Crippen LogP contribution in [0.4, 0.5) is 5.69 Å². The maximum atomic E-state index is 12.6. The van der Waals surface area contributed by atoms with Crippen molar-refractivity contribution in [1.29, 1.82) is 0 Å². The third kappa shape index (κ3) is 5.31. The third-order valence-corrected chi connectivity index (χ3v) is 4.89. The molecule has 0 aliphatic heterocycles. The average molecular weight is 360 g/mol. The zero-order valence-electron chi connectivity index (χ0n) is 15.8. The Balaban J connectivity index is 1.97. The Morgan fingerprint density at radius 2 is 1.77 bits per heavy atom. The first kappa shape index (κ1) is 19.9. The molecule has 1 aromatic carbocycles. The maximum Gasteiger partial charge on any atom is 0.325 e. The van der Waals surface area contributed by atoms with Crippen LogP contribution in [-0.4, -0.2) is 28.9 Å². The van der Waals surface area contributed by atoms with Crippen LogP contribution in [-0.2, 0) is 9.59 Å². The largest absolute Gasteiger partial charge is 0.480 e. The zero-order chi connectivity index (χ0) is 19.5. The minimum Gasteiger partial charge on any atom is -0.480 e. The van der Waals surface area contributed by atoms with Gasteiger partial charge in [0.1, 0.15) is 6.04 Å². The molecule has 0 saturated heterocycles. The molecule has 6 nitrogen and oxygen atoms in total. The van der Waals surface area contributed by atoms with Gasteiger partial charge in [0.15, 0.2) is 0 Å². The Kier molecular flexibility index (Phi) is 6.05. The average Bonchev–Trinajstić information content (AvgIpc) is 2.53. The summed E-state index contributed by atoms with van der Waals surface area (Å²) in [5, 5.41) is 14.2. The normalized spacial score (nSPS) is 22.9. The lowest BCUT2D eigenvalue weighted by atomic mass is 9.68. The van der Waals surface area contributed by atoms with E-state index >= 15 is 0 Å². The molecule has 3 unspecified atom stereocenters. The smallest absolute Gasteiger partial charge is 0.325 e. The summed E-state index contributed by atoms with van der Waals surface area (Å²) in [6.07, 6.45) is 2.90. The van der Waals surface area contributed by atoms with Crippen LogP contribution in [0.25, 0.3) is 0 Å². The molecular formula is C20H28N2O4. The van der Waals surface area contributed by atoms with E-state index in [2.05, 4.69) is 31.4 Å². The van der Waals surface area contributed by atoms with E-state index in [9.17, 15) is 14.4 Å². The lowest BCUT2D eigenvalue weighted by molar-refractivity contribution is -0.138. The molecule has 2 rings (SSSR count). The molecule has 0 bridgehead atoms. The van der Waals surface area contributed by atoms with Gasteiger partial charge in [-0.15, -0.1) is 0 Å². The molecule has 2 amide bonds. The quantitative estimate of drug-likeness (QED) is 0.751. The number of rotatable bonds is 5. The molecule has 0 spiro atoms. The number of amides is 2. The summed E-state index contributed by atoms with van der Waals surface area (Å²) in [6, 6.07) is 5.52. The molecule has 0 radical (unpaired) electrons. The second kappa shape index (κ2) is 7.89. The van der Waals surface area contributed by atoms with E-state index < -0.39 is 17.9 Å². The minimum atomic E-state index is -1.09. The molecule has 1 aliphatic rings. The van der Waals surface area contributed by atoms with Crippen LogP contribution < -0.4 is 10.6 Å². The Labute approximate surface area is 154 Å². The van der Waals surface area contributed by atoms with Gasteiger partial charge in [0.25, 0.3) is 5.91 Å². The highest BCUT2D eigenvalue weighted by Crippen LogP contribution is 2.41. The Morgan fingerprint density at radius 1 is 1.15 bits per heavy atom. The summed E-state index contributed by atoms with van der Waals surface area (Å²) in [7, 11) is 0. The topological polar surface area (TPSA) is 95.5 Å². The van der Waals surface area contributed by atoms with Crippen LogP contribution in [0.2, 0.25) is 0 Å². The number of nitrogens with one attached hydrogen (secondary N) is 2. The number of anilines is 1. The van der Waals surface area contributed by atoms with Gasteiger partial charge in [-0.25, -0.2) is 0 Å². The second-order valence-corrected chi connectivity index (χ2v) is 8.21. The highest BCUT2D eigenvalue weighted by atomic mass is 16.4. The molecule has 0 heterocycles. The van der Waals surface area contributed by atoms with Crippen molar-refractivity contribution >= 4 is 23.5 Å². The number of carbonyl (C=O) groups excluding carboxylic acids is 2. The number of benzene rings is 1. The van der Waals surface area contributed by atoms with Gasteiger partial charge in [-0.3, -0.25) is 14.4 Å². The fourth-order valence-corrected chi connectivity index (χ4v) is 3.84. The lowest BCUT2D eigenvalue weighted by Crippen LogP contribution is -2.38. The van der Waals surface area contributed by atoms with Crippen LogP contribution >= 0.6 is 0 Å². The molecule has 3 N–H and O–H groups in total. The number of hydrogen-bond acceptors (Lipinski definition) is 3. The van der Waals surface area contributed by atoms with Crippen molar-refractivity contribution < 1.29 is 19.5 Å². The molecule has 26 heavy (non-hydrogen) atoms. The van der Waals surface area contributed by atoms with Gasteiger partial charge in [0.05, 0.1) is 0 Å². The molecule has 6 heteroatoms. The second-order valence-electron chi connectivity index (χ2n) is 8.21. The fraction of sp³-hybridized carbons (Fsp3) is 0.550. The first-order chi connectivity index (χ1) is 12.1. The minimum absolute atomic E-state index is 0.00635. The van der Waals surface area contributed by atoms with Gasteiger partial charge < -0.3 is 15.7 Å². The molecule has 0 aromatic heterocycles. The predicted octanol–water partition coefficient (Wildman–Crippen LogP) is 3.29. The first-order valence-electron chi connectivity index (χ1n) is 9.02. The van der Waals surface area contributed by atoms with E-state index in [1.165, 1.54) is 6.92 Å². The molecule has 1 saturated carbocycles. The number of carboxylic acid groups (broad SMARTS) is 1. The van der Waals surface area contributed by atoms with E-state index in [4.69, 9.17) is 5.11 Å². The van der Waals surface area contributed by atoms with Gasteiger partial charge in [-0.1, -0.05) is 20.8 Å². The van der Waals surface area contributed by atoms with Gasteiger partial charge in [-0.2, -0.15) is 0 Å². The van der Waals surface area contributed by atoms with Crippen LogP contribution in [0.1, 0.15) is 57.3 Å². The Bertz CT molecular complexity index is 682. The molecular weight excluding hydrogens is 332 g/mol. The number of aliphatic carboxylic acids is 1. The van der Waals surface area contributed by atoms with Crippen LogP contribution in [0.15, 0.2) is 24.3 Å². The first-order valence-corrected chi connectivity index (χ1v) is 9.02. The number of carbonyl (C=O) groups is 3. The summed E-state index contributed by atoms with van der Waals surface area (Å²) in [4.78, 5) is 35.4. The van der Waals surface area contributed by atoms with E-state index in [-0.39, 0.29) is 17.2 Å². The van der Waals surface area contributed by atoms with Gasteiger partial charge in [-0.05, 0) is 61.8 Å². The highest BCUT2D eigenvalue weighted by Gasteiger charge is 2.35. The number of hydrogen-bond donors (Lipinski definition) is 3. The van der Waals surface area contributed by atoms with Crippen molar-refractivity contribution in [2.24, 2.45) is 17.3 Å². The maximum absolute atomic E-state index is 12.6. The SMILES string of the molecule is CC1CC(C(=O)Nc2ccc(C(=O)NC(C)C(=O)O)cc2)CC(C)(C)C1. The van der Waals surface area contributed by atoms with Gasteiger partial charge in [0, 0.05) is 17.2 Å². The van der Waals surface area contributed by atoms with E-state index in [1.54, 1.807) is 24.3 Å². The van der Waals surface area contributed by atoms with E-state index in [0.717, 1.165) is 19.3 Å². The van der Waals surface area contributed by atoms with Gasteiger partial charge in [0.2, 0.25) is 5.91 Å². The standard InChI is InChI=1S/C20H28N2O4/c1-12-9-15(11-20(3,4)10-12)18(24)22-16-7-5-14(6-8-16)17(23)21-13(2)19(25)26/h5-8,12-13,15H,9-11H2,1-4H3,(H,21,23)(H,22,24)(H,25,26). The third-order valence-electron chi connectivity index (χ3n) is 4.89. The summed E-state index contributed by atoms with van der Waals surface area (Å²) in [5.74, 6) is -1.02. The van der Waals surface area contributed by atoms with Gasteiger partial charge >= 0.3 is 5.97 Å². The zero-order valence-corrected chi connectivity index (χ0v) is 15.8. The van der Waals surface area contributed by atoms with E-state index in [0.29, 0.717) is 17.2 Å². The van der Waals surface area contributed by atoms with Crippen molar-refractivity contribution in [1.82, 2.24) is 5.32 Å². The fourth-order valence-electron chi connectivity index (χ4n) is 3.84. The van der Waals surface area contributed by atoms with Crippen molar-refractivity contribution in [3.63, 3.8) is 0 Å². The summed E-state index contributed by atoms with van der Waals surface area (Å²) in [6.45, 7) is 8.00. The lowest BCUT2D eigenvalue weighted by Gasteiger charge is -2.38. The molecule has 1 aliphatic carbocycles. The summed E-state index contributed by atoms with van der Waals surface area (Å²) < 4.78 is 0. The van der Waals surface area contributed by atoms with E-state index in [1.807, 2.05) is 0 Å². The highest BCUT2D eigenvalue weighted by molar-refractivity contribution is 5.97. The Hall–Kier alpha value is -2.37. The molecule has 3 atom stereocenters. The van der Waals surface area contributed by atoms with Crippen molar-refractivity contribution in [2.75, 3.05) is 5.32 Å². The number of carboxylic acids is 1. The molecule has 142 valence electrons. The van der Waals surface area contributed by atoms with Crippen molar-refractivity contribution in [3.05, 3.63) is 29.8 Å². The Morgan fingerprint density at radius 3 is 2.31 bits per heavy atom. The van der Waals surface area contributed by atoms with Crippen molar-refractivity contribution in [3.8, 4) is 0 Å². The van der Waals surface area contributed by atoms with Crippen molar-refractivity contribution in [2.45, 2.75) is 53.0 Å². The predicted molar refractivity (Wildman–Crippen MR) is 99.9 cm³/mol. The summed E-state index contributed by atoms with van der Waals surface area (Å²) >= 11 is 0. The van der Waals surface area contributed by atoms with Crippen LogP contribution in [0, 0.1) is 17.3 Å². The monoisotopic (exact) mass is 360 g/mol. The van der Waals surface area contributed by atoms with Crippen LogP contribution in [0.5, 0.6) is 0 Å². The van der Waals surface area contributed by atoms with Crippen LogP contribution in [0.3, 0.4) is 0 Å². The molecule has 1 aromatic rings. The molecule has 1 fully saturated rings.